The molecule has 2 aromatic rings. The number of hydrogen-bond acceptors (Lipinski definition) is 4. The molecule has 1 heterocycles. The number of phenolic OH excluding ortho intramolecular Hbond substituents is 1. The summed E-state index contributed by atoms with van der Waals surface area (Å²) in [6, 6.07) is 5.03. The maximum absolute atomic E-state index is 12.5. The number of aromatic nitrogens is 1. The highest BCUT2D eigenvalue weighted by molar-refractivity contribution is 7.53. The molecule has 0 saturated carbocycles. The molecule has 0 saturated heterocycles. The van der Waals surface area contributed by atoms with Crippen molar-refractivity contribution in [1.82, 2.24) is 10.0 Å². The van der Waals surface area contributed by atoms with Crippen molar-refractivity contribution in [1.29, 1.82) is 0 Å². The first-order valence-electron chi connectivity index (χ1n) is 9.02. The fourth-order valence-electron chi connectivity index (χ4n) is 3.26. The highest BCUT2D eigenvalue weighted by atomic mass is 31.2. The first-order chi connectivity index (χ1) is 12.7. The second-order valence-corrected chi connectivity index (χ2v) is 8.55. The molecule has 5 N–H and O–H groups in total. The maximum Gasteiger partial charge on any atom is 0.338 e. The van der Waals surface area contributed by atoms with Crippen LogP contribution in [0.25, 0.3) is 10.9 Å². The van der Waals surface area contributed by atoms with E-state index in [2.05, 4.69) is 4.98 Å². The summed E-state index contributed by atoms with van der Waals surface area (Å²) in [5.41, 5.74) is -0.130. The zero-order chi connectivity index (χ0) is 20.2. The van der Waals surface area contributed by atoms with Gasteiger partial charge in [0.05, 0.1) is 6.54 Å². The Hall–Kier alpha value is -1.86. The summed E-state index contributed by atoms with van der Waals surface area (Å²) < 4.78 is 11.8. The molecule has 0 spiro atoms. The van der Waals surface area contributed by atoms with Crippen LogP contribution in [0.3, 0.4) is 0 Å². The Morgan fingerprint density at radius 1 is 1.26 bits per heavy atom. The molecule has 1 unspecified atom stereocenters. The number of nitrogens with zero attached hydrogens (tertiary/aromatic N) is 1. The van der Waals surface area contributed by atoms with Crippen molar-refractivity contribution in [2.24, 2.45) is 5.92 Å². The Balaban J connectivity index is 2.11. The topological polar surface area (TPSA) is 134 Å². The van der Waals surface area contributed by atoms with Crippen LogP contribution in [-0.2, 0) is 15.8 Å². The van der Waals surface area contributed by atoms with Crippen molar-refractivity contribution in [2.75, 3.05) is 6.54 Å². The summed E-state index contributed by atoms with van der Waals surface area (Å²) in [6.07, 6.45) is 3.31. The summed E-state index contributed by atoms with van der Waals surface area (Å²) in [6.45, 7) is 3.66. The molecule has 0 radical (unpaired) electrons. The highest BCUT2D eigenvalue weighted by Crippen LogP contribution is 2.45. The average molecular weight is 398 g/mol. The van der Waals surface area contributed by atoms with E-state index in [9.17, 15) is 29.5 Å². The van der Waals surface area contributed by atoms with Gasteiger partial charge in [-0.05, 0) is 36.5 Å². The van der Waals surface area contributed by atoms with E-state index in [0.29, 0.717) is 28.9 Å². The molecule has 1 atom stereocenters. The zero-order valence-corrected chi connectivity index (χ0v) is 16.4. The standard InChI is InChI=1S/C18H27N2O6P/c1-3-12(4-2)10-16(27(24,25)26)18(22)20(23)9-8-13-11-19-14-6-5-7-15(21)17(13)14/h5-7,11-12,16,19,21,23H,3-4,8-10H2,1-2H3,(H2,24,25,26). The number of fused-ring (bicyclic) bond motifs is 1. The molecule has 0 fully saturated rings. The van der Waals surface area contributed by atoms with Crippen molar-refractivity contribution in [2.45, 2.75) is 45.2 Å². The summed E-state index contributed by atoms with van der Waals surface area (Å²) in [5.74, 6) is -0.897. The Morgan fingerprint density at radius 3 is 2.52 bits per heavy atom. The van der Waals surface area contributed by atoms with E-state index < -0.39 is 19.2 Å². The van der Waals surface area contributed by atoms with Gasteiger partial charge in [-0.15, -0.1) is 0 Å². The van der Waals surface area contributed by atoms with E-state index in [1.807, 2.05) is 13.8 Å². The Bertz CT molecular complexity index is 826. The van der Waals surface area contributed by atoms with Crippen LogP contribution in [0.4, 0.5) is 0 Å². The molecular weight excluding hydrogens is 371 g/mol. The van der Waals surface area contributed by atoms with Gasteiger partial charge < -0.3 is 19.9 Å². The molecule has 0 aliphatic heterocycles. The van der Waals surface area contributed by atoms with Gasteiger partial charge in [-0.1, -0.05) is 32.8 Å². The summed E-state index contributed by atoms with van der Waals surface area (Å²) in [5, 5.41) is 21.1. The molecular formula is C18H27N2O6P. The third-order valence-electron chi connectivity index (χ3n) is 5.02. The fourth-order valence-corrected chi connectivity index (χ4v) is 4.25. The lowest BCUT2D eigenvalue weighted by molar-refractivity contribution is -0.165. The second kappa shape index (κ2) is 8.89. The summed E-state index contributed by atoms with van der Waals surface area (Å²) in [7, 11) is -4.69. The van der Waals surface area contributed by atoms with Gasteiger partial charge in [-0.2, -0.15) is 0 Å². The number of hydrogen-bond donors (Lipinski definition) is 5. The Labute approximate surface area is 157 Å². The number of aromatic hydroxyl groups is 1. The Morgan fingerprint density at radius 2 is 1.93 bits per heavy atom. The number of aromatic amines is 1. The van der Waals surface area contributed by atoms with Crippen LogP contribution >= 0.6 is 7.60 Å². The van der Waals surface area contributed by atoms with E-state index in [1.54, 1.807) is 24.4 Å². The van der Waals surface area contributed by atoms with E-state index in [0.717, 1.165) is 5.52 Å². The normalized spacial score (nSPS) is 13.3. The molecule has 2 rings (SSSR count). The van der Waals surface area contributed by atoms with E-state index in [4.69, 9.17) is 0 Å². The van der Waals surface area contributed by atoms with Crippen LogP contribution in [0.1, 0.15) is 38.7 Å². The lowest BCUT2D eigenvalue weighted by atomic mass is 9.97. The van der Waals surface area contributed by atoms with Crippen molar-refractivity contribution >= 4 is 24.4 Å². The maximum atomic E-state index is 12.5. The predicted octanol–water partition coefficient (Wildman–Crippen LogP) is 3.01. The van der Waals surface area contributed by atoms with Gasteiger partial charge in [0.2, 0.25) is 0 Å². The monoisotopic (exact) mass is 398 g/mol. The van der Waals surface area contributed by atoms with Crippen LogP contribution in [0, 0.1) is 5.92 Å². The fraction of sp³-hybridized carbons (Fsp3) is 0.500. The molecule has 0 aliphatic rings. The van der Waals surface area contributed by atoms with Gasteiger partial charge in [0.25, 0.3) is 5.91 Å². The van der Waals surface area contributed by atoms with Crippen LogP contribution < -0.4 is 0 Å². The number of carbonyl (C=O) groups is 1. The number of carbonyl (C=O) groups excluding carboxylic acids is 1. The summed E-state index contributed by atoms with van der Waals surface area (Å²) >= 11 is 0. The minimum Gasteiger partial charge on any atom is -0.507 e. The number of H-pyrrole nitrogens is 1. The number of rotatable bonds is 9. The van der Waals surface area contributed by atoms with Crippen molar-refractivity contribution in [3.8, 4) is 5.75 Å². The first-order valence-corrected chi connectivity index (χ1v) is 10.7. The predicted molar refractivity (Wildman–Crippen MR) is 102 cm³/mol. The smallest absolute Gasteiger partial charge is 0.338 e. The molecule has 0 bridgehead atoms. The molecule has 1 aromatic carbocycles. The number of nitrogens with one attached hydrogen (secondary N) is 1. The number of amides is 1. The van der Waals surface area contributed by atoms with Gasteiger partial charge in [0.1, 0.15) is 11.4 Å². The van der Waals surface area contributed by atoms with Crippen LogP contribution in [0.2, 0.25) is 0 Å². The SMILES string of the molecule is CCC(CC)CC(C(=O)N(O)CCc1c[nH]c2cccc(O)c12)P(=O)(O)O. The van der Waals surface area contributed by atoms with E-state index in [1.165, 1.54) is 0 Å². The van der Waals surface area contributed by atoms with Gasteiger partial charge in [0.15, 0.2) is 0 Å². The highest BCUT2D eigenvalue weighted by Gasteiger charge is 2.39. The third-order valence-corrected chi connectivity index (χ3v) is 6.26. The van der Waals surface area contributed by atoms with E-state index in [-0.39, 0.29) is 31.1 Å². The second-order valence-electron chi connectivity index (χ2n) is 6.75. The molecule has 150 valence electrons. The van der Waals surface area contributed by atoms with Crippen LogP contribution in [-0.4, -0.2) is 48.3 Å². The Kier molecular flexibility index (Phi) is 7.06. The molecule has 1 aromatic heterocycles. The van der Waals surface area contributed by atoms with Crippen molar-refractivity contribution in [3.05, 3.63) is 30.0 Å². The lowest BCUT2D eigenvalue weighted by Crippen LogP contribution is -2.39. The molecule has 8 nitrogen and oxygen atoms in total. The largest absolute Gasteiger partial charge is 0.507 e. The van der Waals surface area contributed by atoms with E-state index >= 15 is 0 Å². The molecule has 0 aliphatic carbocycles. The quantitative estimate of drug-likeness (QED) is 0.250. The van der Waals surface area contributed by atoms with Crippen molar-refractivity contribution in [3.63, 3.8) is 0 Å². The number of benzene rings is 1. The minimum atomic E-state index is -4.69. The minimum absolute atomic E-state index is 0.00876. The average Bonchev–Trinajstić information content (AvgIpc) is 3.03. The third kappa shape index (κ3) is 5.11. The molecule has 1 amide bonds. The number of hydroxylamine groups is 2. The van der Waals surface area contributed by atoms with Gasteiger partial charge in [-0.25, -0.2) is 5.06 Å². The molecule has 27 heavy (non-hydrogen) atoms. The zero-order valence-electron chi connectivity index (χ0n) is 15.5. The van der Waals surface area contributed by atoms with Gasteiger partial charge in [0, 0.05) is 17.1 Å². The molecule has 9 heteroatoms. The van der Waals surface area contributed by atoms with Gasteiger partial charge >= 0.3 is 7.60 Å². The van der Waals surface area contributed by atoms with Crippen LogP contribution in [0.5, 0.6) is 5.75 Å². The summed E-state index contributed by atoms with van der Waals surface area (Å²) in [4.78, 5) is 34.6. The van der Waals surface area contributed by atoms with Gasteiger partial charge in [-0.3, -0.25) is 14.6 Å². The lowest BCUT2D eigenvalue weighted by Gasteiger charge is -2.25. The van der Waals surface area contributed by atoms with Crippen LogP contribution in [0.15, 0.2) is 24.4 Å². The first kappa shape index (κ1) is 21.4. The number of phenols is 1. The van der Waals surface area contributed by atoms with Crippen molar-refractivity contribution < 1.29 is 29.5 Å².